The molecule has 1 aliphatic rings. The van der Waals surface area contributed by atoms with Crippen molar-refractivity contribution >= 4 is 17.0 Å². The zero-order valence-electron chi connectivity index (χ0n) is 19.2. The molecule has 1 saturated heterocycles. The van der Waals surface area contributed by atoms with E-state index in [1.165, 1.54) is 18.2 Å². The zero-order chi connectivity index (χ0) is 23.9. The van der Waals surface area contributed by atoms with E-state index < -0.39 is 22.8 Å². The molecule has 4 rings (SSSR count). The van der Waals surface area contributed by atoms with Crippen molar-refractivity contribution in [3.63, 3.8) is 0 Å². The molecule has 2 aromatic carbocycles. The summed E-state index contributed by atoms with van der Waals surface area (Å²) < 4.78 is 34.4. The number of H-pyrrole nitrogens is 1. The Balaban J connectivity index is 1.59. The minimum atomic E-state index is -0.637. The first-order chi connectivity index (χ1) is 15.5. The standard InChI is InChI=1S/C25H27F2N3O3/c1-14-5-6-16(12-19(14)26)17-11-18-21(20(27)13-17)28-22(29-23(18)31)15-7-9-30(10-8-15)24(32)33-25(2,3)4/h5-6,11-13,15H,7-10H2,1-4H3,(H,28,29,31). The second kappa shape index (κ2) is 8.57. The van der Waals surface area contributed by atoms with Gasteiger partial charge in [-0.15, -0.1) is 0 Å². The lowest BCUT2D eigenvalue weighted by Gasteiger charge is -2.33. The van der Waals surface area contributed by atoms with Crippen LogP contribution in [-0.4, -0.2) is 39.7 Å². The van der Waals surface area contributed by atoms with Crippen molar-refractivity contribution < 1.29 is 18.3 Å². The lowest BCUT2D eigenvalue weighted by Crippen LogP contribution is -2.41. The largest absolute Gasteiger partial charge is 0.444 e. The lowest BCUT2D eigenvalue weighted by molar-refractivity contribution is 0.0203. The Morgan fingerprint density at radius 3 is 2.39 bits per heavy atom. The number of benzene rings is 2. The molecule has 3 aromatic rings. The van der Waals surface area contributed by atoms with Crippen LogP contribution in [0.25, 0.3) is 22.0 Å². The summed E-state index contributed by atoms with van der Waals surface area (Å²) in [5, 5.41) is 0.112. The molecule has 1 aliphatic heterocycles. The number of carbonyl (C=O) groups is 1. The molecular weight excluding hydrogens is 428 g/mol. The first-order valence-electron chi connectivity index (χ1n) is 11.0. The van der Waals surface area contributed by atoms with Crippen LogP contribution in [0.4, 0.5) is 13.6 Å². The number of piperidine rings is 1. The molecule has 8 heteroatoms. The molecular formula is C25H27F2N3O3. The predicted molar refractivity (Wildman–Crippen MR) is 122 cm³/mol. The average Bonchev–Trinajstić information content (AvgIpc) is 2.75. The molecule has 0 radical (unpaired) electrons. The van der Waals surface area contributed by atoms with Gasteiger partial charge in [0.1, 0.15) is 28.6 Å². The molecule has 0 spiro atoms. The smallest absolute Gasteiger partial charge is 0.410 e. The van der Waals surface area contributed by atoms with Crippen LogP contribution in [-0.2, 0) is 4.74 Å². The lowest BCUT2D eigenvalue weighted by atomic mass is 9.95. The van der Waals surface area contributed by atoms with Crippen LogP contribution in [0.5, 0.6) is 0 Å². The number of aryl methyl sites for hydroxylation is 1. The van der Waals surface area contributed by atoms with Crippen LogP contribution < -0.4 is 5.56 Å². The molecule has 1 fully saturated rings. The van der Waals surface area contributed by atoms with E-state index >= 15 is 0 Å². The van der Waals surface area contributed by atoms with Gasteiger partial charge in [-0.05, 0) is 75.4 Å². The second-order valence-electron chi connectivity index (χ2n) is 9.51. The van der Waals surface area contributed by atoms with Gasteiger partial charge in [-0.3, -0.25) is 4.79 Å². The summed E-state index contributed by atoms with van der Waals surface area (Å²) in [7, 11) is 0. The molecule has 174 valence electrons. The van der Waals surface area contributed by atoms with Crippen molar-refractivity contribution in [1.29, 1.82) is 0 Å². The number of likely N-dealkylation sites (tertiary alicyclic amines) is 1. The molecule has 0 saturated carbocycles. The quantitative estimate of drug-likeness (QED) is 0.570. The fourth-order valence-corrected chi connectivity index (χ4v) is 4.01. The number of nitrogens with one attached hydrogen (secondary N) is 1. The van der Waals surface area contributed by atoms with Gasteiger partial charge in [-0.25, -0.2) is 18.6 Å². The number of rotatable bonds is 2. The van der Waals surface area contributed by atoms with E-state index in [0.29, 0.717) is 48.4 Å². The Morgan fingerprint density at radius 2 is 1.76 bits per heavy atom. The normalized spacial score (nSPS) is 15.2. The van der Waals surface area contributed by atoms with E-state index in [4.69, 9.17) is 4.74 Å². The van der Waals surface area contributed by atoms with Gasteiger partial charge in [-0.2, -0.15) is 0 Å². The minimum absolute atomic E-state index is 0.0142. The van der Waals surface area contributed by atoms with Crippen molar-refractivity contribution in [2.75, 3.05) is 13.1 Å². The Hall–Kier alpha value is -3.29. The first-order valence-corrected chi connectivity index (χ1v) is 11.0. The van der Waals surface area contributed by atoms with Crippen molar-refractivity contribution in [2.24, 2.45) is 0 Å². The maximum atomic E-state index is 15.0. The number of carbonyl (C=O) groups excluding carboxylic acids is 1. The van der Waals surface area contributed by atoms with Crippen molar-refractivity contribution in [1.82, 2.24) is 14.9 Å². The number of halogens is 2. The van der Waals surface area contributed by atoms with Crippen LogP contribution >= 0.6 is 0 Å². The van der Waals surface area contributed by atoms with Gasteiger partial charge in [-0.1, -0.05) is 12.1 Å². The fraction of sp³-hybridized carbons (Fsp3) is 0.400. The van der Waals surface area contributed by atoms with Crippen LogP contribution in [0.1, 0.15) is 50.9 Å². The molecule has 1 aromatic heterocycles. The molecule has 1 amide bonds. The SMILES string of the molecule is Cc1ccc(-c2cc(F)c3nc(C4CCN(C(=O)OC(C)(C)C)CC4)[nH]c(=O)c3c2)cc1F. The summed E-state index contributed by atoms with van der Waals surface area (Å²) in [6.07, 6.45) is 0.790. The summed E-state index contributed by atoms with van der Waals surface area (Å²) in [5.41, 5.74) is 0.348. The minimum Gasteiger partial charge on any atom is -0.444 e. The van der Waals surface area contributed by atoms with Crippen LogP contribution in [0.3, 0.4) is 0 Å². The fourth-order valence-electron chi connectivity index (χ4n) is 4.01. The number of aromatic nitrogens is 2. The maximum Gasteiger partial charge on any atom is 0.410 e. The molecule has 6 nitrogen and oxygen atoms in total. The molecule has 2 heterocycles. The topological polar surface area (TPSA) is 75.3 Å². The second-order valence-corrected chi connectivity index (χ2v) is 9.51. The average molecular weight is 456 g/mol. The Bertz CT molecular complexity index is 1270. The molecule has 1 N–H and O–H groups in total. The summed E-state index contributed by atoms with van der Waals surface area (Å²) in [6.45, 7) is 8.02. The number of nitrogens with zero attached hydrogens (tertiary/aromatic N) is 2. The maximum absolute atomic E-state index is 15.0. The van der Waals surface area contributed by atoms with E-state index in [2.05, 4.69) is 9.97 Å². The third-order valence-corrected chi connectivity index (χ3v) is 5.82. The third kappa shape index (κ3) is 4.89. The molecule has 0 unspecified atom stereocenters. The number of ether oxygens (including phenoxy) is 1. The zero-order valence-corrected chi connectivity index (χ0v) is 19.2. The van der Waals surface area contributed by atoms with E-state index in [0.717, 1.165) is 0 Å². The Labute approximate surface area is 190 Å². The number of aromatic amines is 1. The van der Waals surface area contributed by atoms with E-state index in [1.54, 1.807) is 24.0 Å². The highest BCUT2D eigenvalue weighted by Crippen LogP contribution is 2.29. The van der Waals surface area contributed by atoms with Gasteiger partial charge in [0.25, 0.3) is 5.56 Å². The summed E-state index contributed by atoms with van der Waals surface area (Å²) in [4.78, 5) is 33.9. The van der Waals surface area contributed by atoms with Crippen LogP contribution in [0.15, 0.2) is 35.1 Å². The van der Waals surface area contributed by atoms with Crippen molar-refractivity contribution in [3.8, 4) is 11.1 Å². The third-order valence-electron chi connectivity index (χ3n) is 5.82. The molecule has 33 heavy (non-hydrogen) atoms. The Kier molecular flexibility index (Phi) is 5.95. The van der Waals surface area contributed by atoms with Crippen molar-refractivity contribution in [2.45, 2.75) is 52.1 Å². The van der Waals surface area contributed by atoms with E-state index in [1.807, 2.05) is 20.8 Å². The van der Waals surface area contributed by atoms with Crippen LogP contribution in [0.2, 0.25) is 0 Å². The van der Waals surface area contributed by atoms with Crippen molar-refractivity contribution in [3.05, 3.63) is 63.7 Å². The van der Waals surface area contributed by atoms with E-state index in [-0.39, 0.29) is 22.9 Å². The van der Waals surface area contributed by atoms with Gasteiger partial charge in [0.05, 0.1) is 5.39 Å². The predicted octanol–water partition coefficient (Wildman–Crippen LogP) is 5.29. The highest BCUT2D eigenvalue weighted by Gasteiger charge is 2.29. The van der Waals surface area contributed by atoms with E-state index in [9.17, 15) is 18.4 Å². The summed E-state index contributed by atoms with van der Waals surface area (Å²) >= 11 is 0. The number of amides is 1. The van der Waals surface area contributed by atoms with Gasteiger partial charge in [0, 0.05) is 19.0 Å². The number of hydrogen-bond acceptors (Lipinski definition) is 4. The molecule has 0 aliphatic carbocycles. The summed E-state index contributed by atoms with van der Waals surface area (Å²) in [5.74, 6) is -0.731. The summed E-state index contributed by atoms with van der Waals surface area (Å²) in [6, 6.07) is 7.43. The van der Waals surface area contributed by atoms with Gasteiger partial charge in [0.15, 0.2) is 0 Å². The monoisotopic (exact) mass is 455 g/mol. The number of fused-ring (bicyclic) bond motifs is 1. The highest BCUT2D eigenvalue weighted by molar-refractivity contribution is 5.84. The van der Waals surface area contributed by atoms with Gasteiger partial charge >= 0.3 is 6.09 Å². The first kappa shape index (κ1) is 22.9. The number of hydrogen-bond donors (Lipinski definition) is 1. The Morgan fingerprint density at radius 1 is 1.09 bits per heavy atom. The molecule has 0 atom stereocenters. The van der Waals surface area contributed by atoms with Crippen LogP contribution in [0, 0.1) is 18.6 Å². The van der Waals surface area contributed by atoms with Gasteiger partial charge < -0.3 is 14.6 Å². The van der Waals surface area contributed by atoms with Gasteiger partial charge in [0.2, 0.25) is 0 Å². The molecule has 0 bridgehead atoms. The highest BCUT2D eigenvalue weighted by atomic mass is 19.1.